The van der Waals surface area contributed by atoms with E-state index in [0.29, 0.717) is 12.2 Å². The number of hydrogen-bond donors (Lipinski definition) is 2. The van der Waals surface area contributed by atoms with Gasteiger partial charge in [0, 0.05) is 13.3 Å². The van der Waals surface area contributed by atoms with Gasteiger partial charge in [0.05, 0.1) is 13.2 Å². The highest BCUT2D eigenvalue weighted by Gasteiger charge is 2.28. The summed E-state index contributed by atoms with van der Waals surface area (Å²) in [5, 5.41) is 5.72. The van der Waals surface area contributed by atoms with Crippen LogP contribution in [0, 0.1) is 5.82 Å². The lowest BCUT2D eigenvalue weighted by atomic mass is 10.0. The van der Waals surface area contributed by atoms with E-state index in [-0.39, 0.29) is 23.7 Å². The molecule has 0 spiro atoms. The van der Waals surface area contributed by atoms with Gasteiger partial charge in [-0.3, -0.25) is 9.59 Å². The Balaban J connectivity index is 1.73. The van der Waals surface area contributed by atoms with Crippen molar-refractivity contribution in [3.05, 3.63) is 65.0 Å². The molecule has 0 aromatic heterocycles. The molecule has 1 aliphatic carbocycles. The van der Waals surface area contributed by atoms with E-state index in [2.05, 4.69) is 10.6 Å². The zero-order chi connectivity index (χ0) is 19.4. The molecular weight excluding hydrogens is 347 g/mol. The van der Waals surface area contributed by atoms with Gasteiger partial charge in [-0.25, -0.2) is 4.39 Å². The highest BCUT2D eigenvalue weighted by molar-refractivity contribution is 5.87. The first kappa shape index (κ1) is 18.9. The molecule has 2 atom stereocenters. The molecule has 3 rings (SSSR count). The van der Waals surface area contributed by atoms with Gasteiger partial charge < -0.3 is 15.4 Å². The van der Waals surface area contributed by atoms with Crippen molar-refractivity contribution in [1.29, 1.82) is 0 Å². The molecule has 0 aliphatic heterocycles. The van der Waals surface area contributed by atoms with Crippen molar-refractivity contribution in [2.75, 3.05) is 7.11 Å². The second-order valence-electron chi connectivity index (χ2n) is 6.75. The van der Waals surface area contributed by atoms with Crippen molar-refractivity contribution in [2.24, 2.45) is 0 Å². The summed E-state index contributed by atoms with van der Waals surface area (Å²) in [7, 11) is 1.58. The molecule has 2 amide bonds. The van der Waals surface area contributed by atoms with Gasteiger partial charge in [0.25, 0.3) is 0 Å². The molecule has 1 aliphatic rings. The monoisotopic (exact) mass is 370 g/mol. The van der Waals surface area contributed by atoms with Gasteiger partial charge in [0.2, 0.25) is 11.8 Å². The summed E-state index contributed by atoms with van der Waals surface area (Å²) in [6.45, 7) is 1.39. The normalized spacial score (nSPS) is 16.3. The van der Waals surface area contributed by atoms with Crippen LogP contribution in [0.1, 0.15) is 36.1 Å². The van der Waals surface area contributed by atoms with E-state index < -0.39 is 6.04 Å². The Labute approximate surface area is 157 Å². The molecule has 0 heterocycles. The van der Waals surface area contributed by atoms with Crippen LogP contribution in [0.5, 0.6) is 5.75 Å². The van der Waals surface area contributed by atoms with Gasteiger partial charge in [-0.15, -0.1) is 0 Å². The maximum atomic E-state index is 13.4. The lowest BCUT2D eigenvalue weighted by Gasteiger charge is -2.21. The largest absolute Gasteiger partial charge is 0.497 e. The predicted octanol–water partition coefficient (Wildman–Crippen LogP) is 2.69. The Bertz CT molecular complexity index is 853. The molecule has 27 heavy (non-hydrogen) atoms. The molecule has 0 saturated heterocycles. The minimum Gasteiger partial charge on any atom is -0.497 e. The van der Waals surface area contributed by atoms with Crippen LogP contribution in [-0.4, -0.2) is 25.0 Å². The smallest absolute Gasteiger partial charge is 0.243 e. The van der Waals surface area contributed by atoms with Crippen molar-refractivity contribution in [1.82, 2.24) is 10.6 Å². The SMILES string of the molecule is COc1cccc(CC(NC(C)=O)C(=O)NC2CCc3cc(F)ccc32)c1. The van der Waals surface area contributed by atoms with E-state index in [4.69, 9.17) is 4.74 Å². The zero-order valence-corrected chi connectivity index (χ0v) is 15.4. The van der Waals surface area contributed by atoms with Crippen molar-refractivity contribution >= 4 is 11.8 Å². The quantitative estimate of drug-likeness (QED) is 0.822. The lowest BCUT2D eigenvalue weighted by molar-refractivity contribution is -0.128. The van der Waals surface area contributed by atoms with Gasteiger partial charge in [-0.05, 0) is 53.8 Å². The first-order chi connectivity index (χ1) is 13.0. The zero-order valence-electron chi connectivity index (χ0n) is 15.4. The number of carbonyl (C=O) groups excluding carboxylic acids is 2. The summed E-state index contributed by atoms with van der Waals surface area (Å²) >= 11 is 0. The fourth-order valence-electron chi connectivity index (χ4n) is 3.50. The lowest BCUT2D eigenvalue weighted by Crippen LogP contribution is -2.48. The molecule has 0 radical (unpaired) electrons. The van der Waals surface area contributed by atoms with Crippen LogP contribution in [0.15, 0.2) is 42.5 Å². The molecule has 2 unspecified atom stereocenters. The second-order valence-corrected chi connectivity index (χ2v) is 6.75. The maximum Gasteiger partial charge on any atom is 0.243 e. The number of methoxy groups -OCH3 is 1. The highest BCUT2D eigenvalue weighted by atomic mass is 19.1. The Morgan fingerprint density at radius 2 is 2.07 bits per heavy atom. The number of halogens is 1. The van der Waals surface area contributed by atoms with Crippen molar-refractivity contribution in [3.63, 3.8) is 0 Å². The number of carbonyl (C=O) groups is 2. The van der Waals surface area contributed by atoms with Gasteiger partial charge in [0.15, 0.2) is 0 Å². The molecule has 2 aromatic carbocycles. The number of amides is 2. The van der Waals surface area contributed by atoms with E-state index >= 15 is 0 Å². The van der Waals surface area contributed by atoms with Crippen LogP contribution in [0.3, 0.4) is 0 Å². The van der Waals surface area contributed by atoms with Crippen molar-refractivity contribution in [2.45, 2.75) is 38.3 Å². The number of hydrogen-bond acceptors (Lipinski definition) is 3. The molecule has 0 bridgehead atoms. The minimum absolute atomic E-state index is 0.172. The molecule has 2 N–H and O–H groups in total. The predicted molar refractivity (Wildman–Crippen MR) is 99.9 cm³/mol. The minimum atomic E-state index is -0.695. The molecular formula is C21H23FN2O3. The first-order valence-electron chi connectivity index (χ1n) is 8.95. The second kappa shape index (κ2) is 8.20. The number of fused-ring (bicyclic) bond motifs is 1. The van der Waals surface area contributed by atoms with E-state index in [1.165, 1.54) is 19.1 Å². The summed E-state index contributed by atoms with van der Waals surface area (Å²) in [5.74, 6) is -0.0989. The Kier molecular flexibility index (Phi) is 5.74. The number of nitrogens with one attached hydrogen (secondary N) is 2. The average Bonchev–Trinajstić information content (AvgIpc) is 3.02. The van der Waals surface area contributed by atoms with Crippen molar-refractivity contribution in [3.8, 4) is 5.75 Å². The number of rotatable bonds is 6. The fraction of sp³-hybridized carbons (Fsp3) is 0.333. The molecule has 5 nitrogen and oxygen atoms in total. The van der Waals surface area contributed by atoms with Gasteiger partial charge in [0.1, 0.15) is 17.6 Å². The number of benzene rings is 2. The van der Waals surface area contributed by atoms with Crippen LogP contribution >= 0.6 is 0 Å². The molecule has 142 valence electrons. The molecule has 2 aromatic rings. The number of aryl methyl sites for hydroxylation is 1. The first-order valence-corrected chi connectivity index (χ1v) is 8.95. The Hall–Kier alpha value is -2.89. The summed E-state index contributed by atoms with van der Waals surface area (Å²) in [6.07, 6.45) is 1.79. The third-order valence-electron chi connectivity index (χ3n) is 4.77. The third-order valence-corrected chi connectivity index (χ3v) is 4.77. The summed E-state index contributed by atoms with van der Waals surface area (Å²) < 4.78 is 18.6. The standard InChI is InChI=1S/C21H23FN2O3/c1-13(25)23-20(11-14-4-3-5-17(10-14)27-2)21(26)24-19-9-6-15-12-16(22)7-8-18(15)19/h3-5,7-8,10,12,19-20H,6,9,11H2,1-2H3,(H,23,25)(H,24,26). The fourth-order valence-corrected chi connectivity index (χ4v) is 3.50. The maximum absolute atomic E-state index is 13.4. The Morgan fingerprint density at radius 1 is 1.26 bits per heavy atom. The van der Waals surface area contributed by atoms with Crippen LogP contribution in [0.4, 0.5) is 4.39 Å². The van der Waals surface area contributed by atoms with E-state index in [1.54, 1.807) is 13.2 Å². The van der Waals surface area contributed by atoms with Gasteiger partial charge in [-0.2, -0.15) is 0 Å². The third kappa shape index (κ3) is 4.64. The molecule has 0 saturated carbocycles. The summed E-state index contributed by atoms with van der Waals surface area (Å²) in [4.78, 5) is 24.4. The van der Waals surface area contributed by atoms with E-state index in [0.717, 1.165) is 29.5 Å². The highest BCUT2D eigenvalue weighted by Crippen LogP contribution is 2.31. The summed E-state index contributed by atoms with van der Waals surface area (Å²) in [5.41, 5.74) is 2.74. The van der Waals surface area contributed by atoms with Crippen LogP contribution in [0.25, 0.3) is 0 Å². The topological polar surface area (TPSA) is 67.4 Å². The molecule has 6 heteroatoms. The van der Waals surface area contributed by atoms with Gasteiger partial charge >= 0.3 is 0 Å². The van der Waals surface area contributed by atoms with E-state index in [9.17, 15) is 14.0 Å². The van der Waals surface area contributed by atoms with Crippen LogP contribution in [-0.2, 0) is 22.4 Å². The summed E-state index contributed by atoms with van der Waals surface area (Å²) in [6, 6.07) is 11.2. The van der Waals surface area contributed by atoms with Gasteiger partial charge in [-0.1, -0.05) is 18.2 Å². The average molecular weight is 370 g/mol. The Morgan fingerprint density at radius 3 is 2.81 bits per heavy atom. The van der Waals surface area contributed by atoms with Crippen molar-refractivity contribution < 1.29 is 18.7 Å². The van der Waals surface area contributed by atoms with Crippen LogP contribution < -0.4 is 15.4 Å². The number of ether oxygens (including phenoxy) is 1. The van der Waals surface area contributed by atoms with Crippen LogP contribution in [0.2, 0.25) is 0 Å². The molecule has 0 fully saturated rings. The van der Waals surface area contributed by atoms with E-state index in [1.807, 2.05) is 24.3 Å².